The number of hydrogen-bond donors (Lipinski definition) is 2. The van der Waals surface area contributed by atoms with Crippen molar-refractivity contribution in [2.45, 2.75) is 59.1 Å². The molecule has 0 heterocycles. The lowest BCUT2D eigenvalue weighted by Crippen LogP contribution is -2.43. The van der Waals surface area contributed by atoms with Gasteiger partial charge in [-0.2, -0.15) is 20.2 Å². The third-order valence-corrected chi connectivity index (χ3v) is 6.34. The molecule has 122 valence electrons. The Hall–Kier alpha value is 0.220. The molecular formula is C14H30O4S2. The van der Waals surface area contributed by atoms with E-state index in [0.29, 0.717) is 6.42 Å². The predicted octanol–water partition coefficient (Wildman–Crippen LogP) is 3.21. The predicted molar refractivity (Wildman–Crippen MR) is 86.8 cm³/mol. The minimum Gasteiger partial charge on any atom is -0.396 e. The molecule has 0 radical (unpaired) electrons. The highest BCUT2D eigenvalue weighted by atomic mass is 32.2. The fraction of sp³-hybridized carbons (Fsp3) is 1.00. The van der Waals surface area contributed by atoms with E-state index < -0.39 is 15.5 Å². The normalized spacial score (nSPS) is 17.0. The molecule has 0 bridgehead atoms. The zero-order valence-electron chi connectivity index (χ0n) is 13.6. The van der Waals surface area contributed by atoms with Gasteiger partial charge < -0.3 is 5.11 Å². The van der Waals surface area contributed by atoms with Gasteiger partial charge in [0.2, 0.25) is 0 Å². The Morgan fingerprint density at radius 3 is 1.90 bits per heavy atom. The Morgan fingerprint density at radius 2 is 1.55 bits per heavy atom. The van der Waals surface area contributed by atoms with Crippen LogP contribution in [0.4, 0.5) is 0 Å². The molecule has 0 spiro atoms. The summed E-state index contributed by atoms with van der Waals surface area (Å²) in [6, 6.07) is 0. The van der Waals surface area contributed by atoms with Crippen molar-refractivity contribution in [1.82, 2.24) is 0 Å². The highest BCUT2D eigenvalue weighted by Gasteiger charge is 2.44. The van der Waals surface area contributed by atoms with Gasteiger partial charge >= 0.3 is 0 Å². The lowest BCUT2D eigenvalue weighted by atomic mass is 9.65. The fourth-order valence-electron chi connectivity index (χ4n) is 2.34. The molecule has 0 amide bonds. The van der Waals surface area contributed by atoms with E-state index in [9.17, 15) is 13.0 Å². The van der Waals surface area contributed by atoms with E-state index in [2.05, 4.69) is 13.8 Å². The smallest absolute Gasteiger partial charge is 0.265 e. The molecule has 20 heavy (non-hydrogen) atoms. The fourth-order valence-corrected chi connectivity index (χ4v) is 4.93. The van der Waals surface area contributed by atoms with Crippen molar-refractivity contribution in [2.24, 2.45) is 10.8 Å². The lowest BCUT2D eigenvalue weighted by molar-refractivity contribution is 0.110. The Kier molecular flexibility index (Phi) is 7.06. The van der Waals surface area contributed by atoms with Crippen molar-refractivity contribution in [3.63, 3.8) is 0 Å². The number of aliphatic hydroxyl groups is 1. The quantitative estimate of drug-likeness (QED) is 0.529. The van der Waals surface area contributed by atoms with Gasteiger partial charge in [-0.3, -0.25) is 4.55 Å². The van der Waals surface area contributed by atoms with Gasteiger partial charge in [0.05, 0.1) is 5.75 Å². The first-order valence-electron chi connectivity index (χ1n) is 6.92. The molecule has 2 N–H and O–H groups in total. The molecule has 0 fully saturated rings. The third-order valence-electron chi connectivity index (χ3n) is 3.92. The second kappa shape index (κ2) is 6.99. The summed E-state index contributed by atoms with van der Waals surface area (Å²) in [6.07, 6.45) is 1.41. The van der Waals surface area contributed by atoms with E-state index in [0.717, 1.165) is 12.2 Å². The first kappa shape index (κ1) is 20.2. The summed E-state index contributed by atoms with van der Waals surface area (Å²) < 4.78 is 31.9. The maximum Gasteiger partial charge on any atom is 0.265 e. The van der Waals surface area contributed by atoms with Crippen LogP contribution in [0.3, 0.4) is 0 Å². The highest BCUT2D eigenvalue weighted by molar-refractivity contribution is 8.00. The van der Waals surface area contributed by atoms with Crippen LogP contribution in [0.1, 0.15) is 54.4 Å². The molecule has 0 aromatic rings. The van der Waals surface area contributed by atoms with E-state index >= 15 is 0 Å². The Morgan fingerprint density at radius 1 is 1.05 bits per heavy atom. The molecule has 1 unspecified atom stereocenters. The van der Waals surface area contributed by atoms with Crippen molar-refractivity contribution in [2.75, 3.05) is 18.1 Å². The van der Waals surface area contributed by atoms with Crippen LogP contribution in [0.15, 0.2) is 0 Å². The van der Waals surface area contributed by atoms with Crippen molar-refractivity contribution in [1.29, 1.82) is 0 Å². The maximum absolute atomic E-state index is 11.4. The van der Waals surface area contributed by atoms with Gasteiger partial charge in [0.1, 0.15) is 0 Å². The largest absolute Gasteiger partial charge is 0.396 e. The van der Waals surface area contributed by atoms with E-state index in [4.69, 9.17) is 5.11 Å². The van der Waals surface area contributed by atoms with Crippen LogP contribution in [0.2, 0.25) is 0 Å². The molecule has 1 atom stereocenters. The zero-order chi connectivity index (χ0) is 16.2. The van der Waals surface area contributed by atoms with E-state index in [1.807, 2.05) is 27.7 Å². The van der Waals surface area contributed by atoms with Crippen LogP contribution in [0.5, 0.6) is 0 Å². The molecule has 0 aromatic carbocycles. The lowest BCUT2D eigenvalue weighted by Gasteiger charge is -2.45. The average Bonchev–Trinajstić information content (AvgIpc) is 2.11. The zero-order valence-corrected chi connectivity index (χ0v) is 15.2. The van der Waals surface area contributed by atoms with Gasteiger partial charge in [-0.15, -0.1) is 0 Å². The molecule has 0 saturated heterocycles. The molecule has 0 aliphatic carbocycles. The van der Waals surface area contributed by atoms with Crippen molar-refractivity contribution < 1.29 is 18.1 Å². The SMILES string of the molecule is CC(C)(CC(C)(CS(=O)(=O)O)C(C)(C)C)SCCCO. The first-order valence-corrected chi connectivity index (χ1v) is 9.52. The van der Waals surface area contributed by atoms with Crippen LogP contribution in [-0.2, 0) is 10.1 Å². The van der Waals surface area contributed by atoms with Gasteiger partial charge in [-0.25, -0.2) is 0 Å². The standard InChI is InChI=1S/C14H30O4S2/c1-12(2,3)14(6,11-20(16,17)18)10-13(4,5)19-9-7-8-15/h15H,7-11H2,1-6H3,(H,16,17,18). The molecule has 0 aromatic heterocycles. The number of hydrogen-bond acceptors (Lipinski definition) is 4. The van der Waals surface area contributed by atoms with Crippen LogP contribution in [0, 0.1) is 10.8 Å². The van der Waals surface area contributed by atoms with E-state index in [-0.39, 0.29) is 22.5 Å². The molecule has 0 saturated carbocycles. The summed E-state index contributed by atoms with van der Waals surface area (Å²) >= 11 is 1.74. The Balaban J connectivity index is 5.08. The molecule has 0 rings (SSSR count). The van der Waals surface area contributed by atoms with Gasteiger partial charge in [0.25, 0.3) is 10.1 Å². The second-order valence-electron chi connectivity index (χ2n) is 7.40. The first-order chi connectivity index (χ1) is 8.72. The van der Waals surface area contributed by atoms with Crippen molar-refractivity contribution in [3.05, 3.63) is 0 Å². The van der Waals surface area contributed by atoms with Gasteiger partial charge in [-0.1, -0.05) is 41.5 Å². The molecular weight excluding hydrogens is 296 g/mol. The summed E-state index contributed by atoms with van der Waals surface area (Å²) in [5.41, 5.74) is -0.756. The second-order valence-corrected chi connectivity index (χ2v) is 10.7. The molecule has 4 nitrogen and oxygen atoms in total. The monoisotopic (exact) mass is 326 g/mol. The van der Waals surface area contributed by atoms with Gasteiger partial charge in [0.15, 0.2) is 0 Å². The molecule has 0 aliphatic heterocycles. The van der Waals surface area contributed by atoms with E-state index in [1.54, 1.807) is 11.8 Å². The maximum atomic E-state index is 11.4. The van der Waals surface area contributed by atoms with Crippen LogP contribution >= 0.6 is 11.8 Å². The van der Waals surface area contributed by atoms with Crippen molar-refractivity contribution in [3.8, 4) is 0 Å². The molecule has 0 aliphatic rings. The minimum absolute atomic E-state index is 0.109. The average molecular weight is 327 g/mol. The van der Waals surface area contributed by atoms with Crippen LogP contribution in [0.25, 0.3) is 0 Å². The minimum atomic E-state index is -4.01. The topological polar surface area (TPSA) is 74.6 Å². The Labute approximate surface area is 128 Å². The summed E-state index contributed by atoms with van der Waals surface area (Å²) in [7, 11) is -4.01. The van der Waals surface area contributed by atoms with Crippen molar-refractivity contribution >= 4 is 21.9 Å². The summed E-state index contributed by atoms with van der Waals surface area (Å²) in [5.74, 6) is 0.614. The summed E-state index contributed by atoms with van der Waals surface area (Å²) in [4.78, 5) is 0. The highest BCUT2D eigenvalue weighted by Crippen LogP contribution is 2.48. The van der Waals surface area contributed by atoms with Crippen LogP contribution in [-0.4, -0.2) is 40.9 Å². The van der Waals surface area contributed by atoms with Crippen LogP contribution < -0.4 is 0 Å². The Bertz CT molecular complexity index is 396. The van der Waals surface area contributed by atoms with Gasteiger partial charge in [-0.05, 0) is 29.4 Å². The van der Waals surface area contributed by atoms with E-state index in [1.165, 1.54) is 0 Å². The number of aliphatic hydroxyl groups excluding tert-OH is 1. The summed E-state index contributed by atoms with van der Waals surface area (Å²) in [5, 5.41) is 8.85. The number of thioether (sulfide) groups is 1. The molecule has 6 heteroatoms. The third kappa shape index (κ3) is 7.29. The number of rotatable bonds is 8. The summed E-state index contributed by atoms with van der Waals surface area (Å²) in [6.45, 7) is 12.3. The van der Waals surface area contributed by atoms with Gasteiger partial charge in [0, 0.05) is 11.4 Å².